The molecule has 0 saturated carbocycles. The minimum absolute atomic E-state index is 0.125. The molecule has 2 aromatic carbocycles. The van der Waals surface area contributed by atoms with Gasteiger partial charge in [-0.1, -0.05) is 23.7 Å². The maximum atomic E-state index is 13.9. The van der Waals surface area contributed by atoms with Gasteiger partial charge in [-0.25, -0.2) is 8.78 Å². The van der Waals surface area contributed by atoms with Crippen LogP contribution in [0, 0.1) is 29.9 Å². The molecule has 0 aliphatic carbocycles. The number of benzene rings is 2. The monoisotopic (exact) mass is 328 g/mol. The van der Waals surface area contributed by atoms with E-state index >= 15 is 0 Å². The van der Waals surface area contributed by atoms with Gasteiger partial charge in [0.05, 0.1) is 27.6 Å². The second-order valence-corrected chi connectivity index (χ2v) is 5.65. The summed E-state index contributed by atoms with van der Waals surface area (Å²) in [5.41, 5.74) is 2.88. The van der Waals surface area contributed by atoms with Gasteiger partial charge in [-0.05, 0) is 30.2 Å². The van der Waals surface area contributed by atoms with Crippen molar-refractivity contribution < 1.29 is 8.78 Å². The van der Waals surface area contributed by atoms with Gasteiger partial charge >= 0.3 is 0 Å². The van der Waals surface area contributed by atoms with Crippen molar-refractivity contribution in [3.63, 3.8) is 0 Å². The van der Waals surface area contributed by atoms with Crippen molar-refractivity contribution in [3.8, 4) is 6.07 Å². The summed E-state index contributed by atoms with van der Waals surface area (Å²) >= 11 is 6.26. The van der Waals surface area contributed by atoms with Gasteiger partial charge in [-0.2, -0.15) is 5.26 Å². The average molecular weight is 329 g/mol. The number of aromatic nitrogens is 1. The summed E-state index contributed by atoms with van der Waals surface area (Å²) in [6.07, 6.45) is 0.426. The van der Waals surface area contributed by atoms with Crippen LogP contribution in [-0.4, -0.2) is 4.98 Å². The zero-order valence-electron chi connectivity index (χ0n) is 12.2. The predicted octanol–water partition coefficient (Wildman–Crippen LogP) is 4.94. The summed E-state index contributed by atoms with van der Waals surface area (Å²) in [6.45, 7) is 1.75. The lowest BCUT2D eigenvalue weighted by atomic mass is 10.0. The van der Waals surface area contributed by atoms with Crippen molar-refractivity contribution in [2.75, 3.05) is 0 Å². The van der Waals surface area contributed by atoms with Crippen LogP contribution in [0.5, 0.6) is 0 Å². The Bertz CT molecular complexity index is 961. The van der Waals surface area contributed by atoms with Crippen LogP contribution in [0.25, 0.3) is 10.9 Å². The third-order valence-electron chi connectivity index (χ3n) is 3.70. The molecule has 0 aliphatic rings. The maximum Gasteiger partial charge on any atom is 0.137 e. The van der Waals surface area contributed by atoms with Crippen molar-refractivity contribution in [2.45, 2.75) is 13.3 Å². The van der Waals surface area contributed by atoms with Gasteiger partial charge in [-0.15, -0.1) is 0 Å². The van der Waals surface area contributed by atoms with Gasteiger partial charge in [0.25, 0.3) is 0 Å². The Hall–Kier alpha value is -2.51. The van der Waals surface area contributed by atoms with Crippen LogP contribution in [0.1, 0.15) is 22.4 Å². The predicted molar refractivity (Wildman–Crippen MR) is 85.4 cm³/mol. The zero-order chi connectivity index (χ0) is 16.6. The molecule has 3 rings (SSSR count). The topological polar surface area (TPSA) is 36.7 Å². The van der Waals surface area contributed by atoms with E-state index in [2.05, 4.69) is 11.1 Å². The van der Waals surface area contributed by atoms with E-state index in [1.807, 2.05) is 6.07 Å². The van der Waals surface area contributed by atoms with Gasteiger partial charge in [-0.3, -0.25) is 4.98 Å². The minimum atomic E-state index is -0.723. The molecule has 3 aromatic rings. The Kier molecular flexibility index (Phi) is 3.97. The first kappa shape index (κ1) is 15.4. The number of hydrogen-bond acceptors (Lipinski definition) is 2. The number of nitrogens with zero attached hydrogens (tertiary/aromatic N) is 2. The van der Waals surface area contributed by atoms with Gasteiger partial charge in [0, 0.05) is 24.2 Å². The van der Waals surface area contributed by atoms with Crippen LogP contribution >= 0.6 is 11.6 Å². The number of pyridine rings is 1. The van der Waals surface area contributed by atoms with E-state index in [4.69, 9.17) is 16.9 Å². The lowest BCUT2D eigenvalue weighted by Crippen LogP contribution is -2.00. The fourth-order valence-electron chi connectivity index (χ4n) is 2.53. The molecule has 1 aromatic heterocycles. The fourth-order valence-corrected chi connectivity index (χ4v) is 2.82. The Labute approximate surface area is 137 Å². The van der Waals surface area contributed by atoms with Crippen molar-refractivity contribution in [1.29, 1.82) is 5.26 Å². The van der Waals surface area contributed by atoms with E-state index in [1.54, 1.807) is 25.1 Å². The van der Waals surface area contributed by atoms with Crippen molar-refractivity contribution >= 4 is 22.5 Å². The second-order valence-electron chi connectivity index (χ2n) is 5.27. The maximum absolute atomic E-state index is 13.9. The van der Waals surface area contributed by atoms with E-state index in [-0.39, 0.29) is 15.9 Å². The minimum Gasteiger partial charge on any atom is -0.252 e. The smallest absolute Gasteiger partial charge is 0.137 e. The molecule has 0 bridgehead atoms. The van der Waals surface area contributed by atoms with Crippen molar-refractivity contribution in [3.05, 3.63) is 75.4 Å². The number of halogens is 3. The number of nitriles is 1. The first-order valence-corrected chi connectivity index (χ1v) is 7.30. The highest BCUT2D eigenvalue weighted by atomic mass is 35.5. The zero-order valence-corrected chi connectivity index (χ0v) is 13.0. The summed E-state index contributed by atoms with van der Waals surface area (Å²) in [5, 5.41) is 9.32. The van der Waals surface area contributed by atoms with E-state index < -0.39 is 11.6 Å². The van der Waals surface area contributed by atoms with Gasteiger partial charge < -0.3 is 0 Å². The highest BCUT2D eigenvalue weighted by Crippen LogP contribution is 2.31. The Morgan fingerprint density at radius 3 is 2.74 bits per heavy atom. The molecule has 0 fully saturated rings. The van der Waals surface area contributed by atoms with Gasteiger partial charge in [0.1, 0.15) is 11.6 Å². The highest BCUT2D eigenvalue weighted by Gasteiger charge is 2.15. The molecule has 114 valence electrons. The normalized spacial score (nSPS) is 10.7. The fraction of sp³-hybridized carbons (Fsp3) is 0.111. The van der Waals surface area contributed by atoms with E-state index in [1.165, 1.54) is 6.07 Å². The molecular weight excluding hydrogens is 318 g/mol. The largest absolute Gasteiger partial charge is 0.252 e. The SMILES string of the molecule is Cc1c(Cc2cccc(C#N)c2)nc2cc(F)cc(F)c2c1Cl. The van der Waals surface area contributed by atoms with E-state index in [9.17, 15) is 8.78 Å². The molecule has 2 nitrogen and oxygen atoms in total. The first-order chi connectivity index (χ1) is 11.0. The standard InChI is InChI=1S/C18H11ClF2N2/c1-10-15(6-11-3-2-4-12(5-11)9-22)23-16-8-13(20)7-14(21)17(16)18(10)19/h2-5,7-8H,6H2,1H3. The Morgan fingerprint density at radius 2 is 2.00 bits per heavy atom. The Balaban J connectivity index is 2.14. The number of hydrogen-bond donors (Lipinski definition) is 0. The van der Waals surface area contributed by atoms with Crippen LogP contribution in [0.15, 0.2) is 36.4 Å². The van der Waals surface area contributed by atoms with E-state index in [0.717, 1.165) is 11.6 Å². The summed E-state index contributed by atoms with van der Waals surface area (Å²) in [7, 11) is 0. The first-order valence-electron chi connectivity index (χ1n) is 6.92. The Morgan fingerprint density at radius 1 is 1.22 bits per heavy atom. The summed E-state index contributed by atoms with van der Waals surface area (Å²) in [5.74, 6) is -1.42. The van der Waals surface area contributed by atoms with Gasteiger partial charge in [0.15, 0.2) is 0 Å². The van der Waals surface area contributed by atoms with Crippen LogP contribution < -0.4 is 0 Å². The van der Waals surface area contributed by atoms with Crippen LogP contribution in [0.4, 0.5) is 8.78 Å². The molecule has 5 heteroatoms. The van der Waals surface area contributed by atoms with Crippen molar-refractivity contribution in [2.24, 2.45) is 0 Å². The second kappa shape index (κ2) is 5.94. The summed E-state index contributed by atoms with van der Waals surface area (Å²) < 4.78 is 27.4. The third-order valence-corrected chi connectivity index (χ3v) is 4.17. The van der Waals surface area contributed by atoms with Crippen LogP contribution in [0.2, 0.25) is 5.02 Å². The molecule has 0 saturated heterocycles. The molecule has 0 amide bonds. The average Bonchev–Trinajstić information content (AvgIpc) is 2.51. The molecule has 0 unspecified atom stereocenters. The molecule has 1 heterocycles. The quantitative estimate of drug-likeness (QED) is 0.668. The molecule has 23 heavy (non-hydrogen) atoms. The van der Waals surface area contributed by atoms with E-state index in [0.29, 0.717) is 23.2 Å². The van der Waals surface area contributed by atoms with Crippen LogP contribution in [0.3, 0.4) is 0 Å². The number of fused-ring (bicyclic) bond motifs is 1. The molecule has 0 aliphatic heterocycles. The molecule has 0 N–H and O–H groups in total. The third kappa shape index (κ3) is 2.88. The lowest BCUT2D eigenvalue weighted by molar-refractivity contribution is 0.591. The highest BCUT2D eigenvalue weighted by molar-refractivity contribution is 6.36. The molecular formula is C18H11ClF2N2. The van der Waals surface area contributed by atoms with Gasteiger partial charge in [0.2, 0.25) is 0 Å². The molecule has 0 spiro atoms. The van der Waals surface area contributed by atoms with Crippen molar-refractivity contribution in [1.82, 2.24) is 4.98 Å². The summed E-state index contributed by atoms with van der Waals surface area (Å²) in [6, 6.07) is 11.2. The summed E-state index contributed by atoms with van der Waals surface area (Å²) in [4.78, 5) is 4.36. The number of rotatable bonds is 2. The van der Waals surface area contributed by atoms with Crippen LogP contribution in [-0.2, 0) is 6.42 Å². The lowest BCUT2D eigenvalue weighted by Gasteiger charge is -2.11. The molecule has 0 atom stereocenters. The molecule has 0 radical (unpaired) electrons.